The van der Waals surface area contributed by atoms with Gasteiger partial charge in [0.05, 0.1) is 30.7 Å². The highest BCUT2D eigenvalue weighted by Gasteiger charge is 2.27. The van der Waals surface area contributed by atoms with Crippen LogP contribution >= 0.6 is 0 Å². The first-order chi connectivity index (χ1) is 17.2. The van der Waals surface area contributed by atoms with Gasteiger partial charge in [0, 0.05) is 18.3 Å². The van der Waals surface area contributed by atoms with E-state index in [1.54, 1.807) is 24.3 Å². The number of carbonyl (C=O) groups excluding carboxylic acids is 1. The van der Waals surface area contributed by atoms with Crippen molar-refractivity contribution in [3.05, 3.63) is 90.5 Å². The number of nitrogens with one attached hydrogen (secondary N) is 1. The molecule has 7 heteroatoms. The Morgan fingerprint density at radius 3 is 2.54 bits per heavy atom. The lowest BCUT2D eigenvalue weighted by Crippen LogP contribution is -2.40. The van der Waals surface area contributed by atoms with Crippen molar-refractivity contribution in [2.24, 2.45) is 0 Å². The molecule has 3 heterocycles. The molecule has 1 aliphatic rings. The van der Waals surface area contributed by atoms with E-state index in [9.17, 15) is 4.79 Å². The largest absolute Gasteiger partial charge is 0.496 e. The minimum atomic E-state index is -0.179. The van der Waals surface area contributed by atoms with E-state index in [0.29, 0.717) is 23.6 Å². The van der Waals surface area contributed by atoms with Crippen molar-refractivity contribution in [1.29, 1.82) is 0 Å². The number of hydrogen-bond donors (Lipinski definition) is 1. The third kappa shape index (κ3) is 5.00. The van der Waals surface area contributed by atoms with Crippen LogP contribution < -0.4 is 10.1 Å². The quantitative estimate of drug-likeness (QED) is 0.388. The number of rotatable bonds is 8. The molecule has 1 atom stereocenters. The zero-order chi connectivity index (χ0) is 24.0. The first kappa shape index (κ1) is 22.9. The molecule has 1 fully saturated rings. The summed E-state index contributed by atoms with van der Waals surface area (Å²) in [6.07, 6.45) is 7.04. The molecule has 0 radical (unpaired) electrons. The average Bonchev–Trinajstić information content (AvgIpc) is 3.61. The molecule has 1 aliphatic heterocycles. The van der Waals surface area contributed by atoms with Gasteiger partial charge >= 0.3 is 0 Å². The molecule has 0 bridgehead atoms. The minimum absolute atomic E-state index is 0.00636. The van der Waals surface area contributed by atoms with Gasteiger partial charge in [-0.3, -0.25) is 9.69 Å². The van der Waals surface area contributed by atoms with Gasteiger partial charge in [0.2, 0.25) is 0 Å². The van der Waals surface area contributed by atoms with E-state index in [1.807, 2.05) is 66.7 Å². The maximum atomic E-state index is 13.6. The third-order valence-corrected chi connectivity index (χ3v) is 6.50. The number of para-hydroxylation sites is 2. The Kier molecular flexibility index (Phi) is 6.95. The molecule has 5 rings (SSSR count). The molecule has 2 aromatic carbocycles. The first-order valence-electron chi connectivity index (χ1n) is 12.1. The number of furan rings is 1. The summed E-state index contributed by atoms with van der Waals surface area (Å²) in [5.74, 6) is 1.36. The Bertz CT molecular complexity index is 1240. The van der Waals surface area contributed by atoms with Crippen LogP contribution in [0.25, 0.3) is 16.9 Å². The first-order valence-corrected chi connectivity index (χ1v) is 12.1. The van der Waals surface area contributed by atoms with Crippen LogP contribution in [0.1, 0.15) is 41.4 Å². The number of hydrogen-bond acceptors (Lipinski definition) is 5. The van der Waals surface area contributed by atoms with Gasteiger partial charge in [-0.05, 0) is 62.3 Å². The predicted octanol–water partition coefficient (Wildman–Crippen LogP) is 5.10. The number of likely N-dealkylation sites (tertiary alicyclic amines) is 1. The second-order valence-electron chi connectivity index (χ2n) is 8.71. The molecule has 1 N–H and O–H groups in total. The zero-order valence-electron chi connectivity index (χ0n) is 19.9. The van der Waals surface area contributed by atoms with Gasteiger partial charge in [-0.1, -0.05) is 36.8 Å². The summed E-state index contributed by atoms with van der Waals surface area (Å²) in [5, 5.41) is 7.96. The van der Waals surface area contributed by atoms with Gasteiger partial charge in [-0.25, -0.2) is 4.68 Å². The number of amides is 1. The van der Waals surface area contributed by atoms with Crippen LogP contribution in [0.5, 0.6) is 5.75 Å². The van der Waals surface area contributed by atoms with E-state index < -0.39 is 0 Å². The number of methoxy groups -OCH3 is 1. The topological polar surface area (TPSA) is 72.5 Å². The molecular weight excluding hydrogens is 440 g/mol. The molecule has 180 valence electrons. The van der Waals surface area contributed by atoms with E-state index in [-0.39, 0.29) is 11.9 Å². The summed E-state index contributed by atoms with van der Waals surface area (Å²) < 4.78 is 13.1. The van der Waals surface area contributed by atoms with E-state index in [0.717, 1.165) is 42.9 Å². The fraction of sp³-hybridized carbons (Fsp3) is 0.286. The summed E-state index contributed by atoms with van der Waals surface area (Å²) in [5.41, 5.74) is 2.73. The fourth-order valence-corrected chi connectivity index (χ4v) is 4.70. The van der Waals surface area contributed by atoms with Gasteiger partial charge in [0.25, 0.3) is 5.91 Å². The average molecular weight is 471 g/mol. The molecule has 7 nitrogen and oxygen atoms in total. The number of piperidine rings is 1. The van der Waals surface area contributed by atoms with Crippen LogP contribution in [-0.2, 0) is 0 Å². The second-order valence-corrected chi connectivity index (χ2v) is 8.71. The molecule has 1 unspecified atom stereocenters. The Morgan fingerprint density at radius 2 is 1.80 bits per heavy atom. The number of nitrogens with zero attached hydrogens (tertiary/aromatic N) is 3. The molecule has 0 spiro atoms. The minimum Gasteiger partial charge on any atom is -0.496 e. The van der Waals surface area contributed by atoms with Crippen molar-refractivity contribution >= 4 is 5.91 Å². The summed E-state index contributed by atoms with van der Waals surface area (Å²) in [4.78, 5) is 16.0. The van der Waals surface area contributed by atoms with Gasteiger partial charge in [0.1, 0.15) is 17.2 Å². The number of ether oxygens (including phenoxy) is 1. The highest BCUT2D eigenvalue weighted by atomic mass is 16.5. The van der Waals surface area contributed by atoms with Crippen LogP contribution in [0.3, 0.4) is 0 Å². The predicted molar refractivity (Wildman–Crippen MR) is 135 cm³/mol. The molecular formula is C28H30N4O3. The van der Waals surface area contributed by atoms with Crippen LogP contribution in [0.4, 0.5) is 0 Å². The highest BCUT2D eigenvalue weighted by molar-refractivity contribution is 6.00. The summed E-state index contributed by atoms with van der Waals surface area (Å²) >= 11 is 0. The molecule has 1 saturated heterocycles. The van der Waals surface area contributed by atoms with Crippen molar-refractivity contribution < 1.29 is 13.9 Å². The summed E-state index contributed by atoms with van der Waals surface area (Å²) in [6, 6.07) is 21.3. The Labute approximate surface area is 205 Å². The fourth-order valence-electron chi connectivity index (χ4n) is 4.70. The maximum absolute atomic E-state index is 13.6. The molecule has 1 amide bonds. The molecule has 0 saturated carbocycles. The lowest BCUT2D eigenvalue weighted by atomic mass is 10.1. The van der Waals surface area contributed by atoms with E-state index in [1.165, 1.54) is 6.42 Å². The lowest BCUT2D eigenvalue weighted by Gasteiger charge is -2.33. The van der Waals surface area contributed by atoms with E-state index in [2.05, 4.69) is 10.2 Å². The smallest absolute Gasteiger partial charge is 0.255 e. The maximum Gasteiger partial charge on any atom is 0.255 e. The van der Waals surface area contributed by atoms with Crippen molar-refractivity contribution in [2.75, 3.05) is 26.7 Å². The monoisotopic (exact) mass is 470 g/mol. The third-order valence-electron chi connectivity index (χ3n) is 6.50. The van der Waals surface area contributed by atoms with Crippen LogP contribution in [0.2, 0.25) is 0 Å². The molecule has 2 aromatic heterocycles. The number of carbonyl (C=O) groups is 1. The normalized spacial score (nSPS) is 15.0. The standard InChI is InChI=1S/C28H30N4O3/c1-34-25-14-7-6-13-22(25)27-23(20-32(30-27)21-11-4-2-5-12-21)28(33)29-19-24(26-15-10-18-35-26)31-16-8-3-9-17-31/h2,4-7,10-15,18,20,24H,3,8-9,16-17,19H2,1H3,(H,29,33). The van der Waals surface area contributed by atoms with Gasteiger partial charge < -0.3 is 14.5 Å². The SMILES string of the molecule is COc1ccccc1-c1nn(-c2ccccc2)cc1C(=O)NCC(c1ccco1)N1CCCCC1. The summed E-state index contributed by atoms with van der Waals surface area (Å²) in [6.45, 7) is 2.45. The second kappa shape index (κ2) is 10.6. The van der Waals surface area contributed by atoms with Crippen molar-refractivity contribution in [1.82, 2.24) is 20.0 Å². The van der Waals surface area contributed by atoms with Crippen molar-refractivity contribution in [3.63, 3.8) is 0 Å². The van der Waals surface area contributed by atoms with Crippen LogP contribution in [0, 0.1) is 0 Å². The summed E-state index contributed by atoms with van der Waals surface area (Å²) in [7, 11) is 1.62. The Balaban J connectivity index is 1.45. The molecule has 35 heavy (non-hydrogen) atoms. The van der Waals surface area contributed by atoms with Crippen molar-refractivity contribution in [3.8, 4) is 22.7 Å². The van der Waals surface area contributed by atoms with Crippen LogP contribution in [0.15, 0.2) is 83.6 Å². The van der Waals surface area contributed by atoms with Gasteiger partial charge in [-0.2, -0.15) is 5.10 Å². The van der Waals surface area contributed by atoms with Crippen molar-refractivity contribution in [2.45, 2.75) is 25.3 Å². The van der Waals surface area contributed by atoms with E-state index >= 15 is 0 Å². The lowest BCUT2D eigenvalue weighted by molar-refractivity contribution is 0.0914. The molecule has 4 aromatic rings. The van der Waals surface area contributed by atoms with Crippen LogP contribution in [-0.4, -0.2) is 47.3 Å². The van der Waals surface area contributed by atoms with E-state index in [4.69, 9.17) is 14.3 Å². The Hall–Kier alpha value is -3.84. The number of benzene rings is 2. The van der Waals surface area contributed by atoms with Gasteiger partial charge in [0.15, 0.2) is 0 Å². The highest BCUT2D eigenvalue weighted by Crippen LogP contribution is 2.32. The number of aromatic nitrogens is 2. The Morgan fingerprint density at radius 1 is 1.03 bits per heavy atom. The van der Waals surface area contributed by atoms with Gasteiger partial charge in [-0.15, -0.1) is 0 Å². The molecule has 0 aliphatic carbocycles. The zero-order valence-corrected chi connectivity index (χ0v) is 19.9.